The van der Waals surface area contributed by atoms with Gasteiger partial charge in [-0.1, -0.05) is 42.1 Å². The van der Waals surface area contributed by atoms with Crippen LogP contribution in [0.2, 0.25) is 0 Å². The van der Waals surface area contributed by atoms with Gasteiger partial charge in [0, 0.05) is 44.5 Å². The number of nitrogens with zero attached hydrogens (tertiary/aromatic N) is 4. The minimum Gasteiger partial charge on any atom is -0.384 e. The number of nitrogens with two attached hydrogens (primary N) is 1. The number of thioether (sulfide) groups is 1. The zero-order valence-electron chi connectivity index (χ0n) is 14.4. The molecule has 1 aliphatic rings. The second-order valence-electron chi connectivity index (χ2n) is 6.15. The van der Waals surface area contributed by atoms with Gasteiger partial charge in [-0.25, -0.2) is 9.97 Å². The quantitative estimate of drug-likeness (QED) is 0.650. The predicted molar refractivity (Wildman–Crippen MR) is 100 cm³/mol. The smallest absolute Gasteiger partial charge is 0.233 e. The van der Waals surface area contributed by atoms with Crippen LogP contribution in [0.5, 0.6) is 0 Å². The van der Waals surface area contributed by atoms with Crippen molar-refractivity contribution in [2.75, 3.05) is 37.7 Å². The molecular formula is C18H23N5OS. The summed E-state index contributed by atoms with van der Waals surface area (Å²) in [5.74, 6) is 0.923. The average molecular weight is 357 g/mol. The molecule has 0 unspecified atom stereocenters. The van der Waals surface area contributed by atoms with Gasteiger partial charge in [-0.05, 0) is 12.5 Å². The van der Waals surface area contributed by atoms with Crippen LogP contribution < -0.4 is 5.73 Å². The Hall–Kier alpha value is -2.12. The molecule has 1 saturated heterocycles. The summed E-state index contributed by atoms with van der Waals surface area (Å²) in [6, 6.07) is 12.2. The standard InChI is InChI=1S/C18H23N5OS/c1-14-11-16(19)21-18(20-14)25-13-17(24)23-9-7-22(8-10-23)12-15-5-3-2-4-6-15/h2-6,11H,7-10,12-13H2,1H3,(H2,19,20,21). The number of carbonyl (C=O) groups is 1. The largest absolute Gasteiger partial charge is 0.384 e. The predicted octanol–water partition coefficient (Wildman–Crippen LogP) is 1.80. The molecule has 2 heterocycles. The minimum absolute atomic E-state index is 0.132. The van der Waals surface area contributed by atoms with Gasteiger partial charge < -0.3 is 10.6 Å². The second kappa shape index (κ2) is 8.31. The number of anilines is 1. The first kappa shape index (κ1) is 17.7. The van der Waals surface area contributed by atoms with Gasteiger partial charge in [0.2, 0.25) is 5.91 Å². The third kappa shape index (κ3) is 5.17. The SMILES string of the molecule is Cc1cc(N)nc(SCC(=O)N2CCN(Cc3ccccc3)CC2)n1. The molecule has 7 heteroatoms. The molecule has 1 aromatic heterocycles. The fourth-order valence-electron chi connectivity index (χ4n) is 2.84. The number of hydrogen-bond acceptors (Lipinski definition) is 6. The molecule has 132 valence electrons. The van der Waals surface area contributed by atoms with E-state index >= 15 is 0 Å². The molecule has 1 amide bonds. The van der Waals surface area contributed by atoms with E-state index in [-0.39, 0.29) is 5.91 Å². The molecule has 2 N–H and O–H groups in total. The highest BCUT2D eigenvalue weighted by Gasteiger charge is 2.21. The molecule has 0 spiro atoms. The van der Waals surface area contributed by atoms with Crippen molar-refractivity contribution in [1.82, 2.24) is 19.8 Å². The molecule has 1 aliphatic heterocycles. The molecule has 0 atom stereocenters. The molecule has 6 nitrogen and oxygen atoms in total. The third-order valence-electron chi connectivity index (χ3n) is 4.15. The molecule has 0 bridgehead atoms. The van der Waals surface area contributed by atoms with Crippen LogP contribution in [-0.4, -0.2) is 57.6 Å². The van der Waals surface area contributed by atoms with Gasteiger partial charge in [0.25, 0.3) is 0 Å². The van der Waals surface area contributed by atoms with Crippen LogP contribution in [0.15, 0.2) is 41.6 Å². The van der Waals surface area contributed by atoms with Gasteiger partial charge in [-0.15, -0.1) is 0 Å². The van der Waals surface area contributed by atoms with E-state index in [1.807, 2.05) is 17.9 Å². The van der Waals surface area contributed by atoms with E-state index in [1.54, 1.807) is 6.07 Å². The van der Waals surface area contributed by atoms with E-state index in [9.17, 15) is 4.79 Å². The Morgan fingerprint density at radius 3 is 2.56 bits per heavy atom. The number of benzene rings is 1. The summed E-state index contributed by atoms with van der Waals surface area (Å²) in [4.78, 5) is 25.2. The Morgan fingerprint density at radius 1 is 1.16 bits per heavy atom. The zero-order valence-corrected chi connectivity index (χ0v) is 15.2. The Labute approximate surface area is 152 Å². The van der Waals surface area contributed by atoms with Crippen LogP contribution in [0.4, 0.5) is 5.82 Å². The molecule has 2 aromatic rings. The molecule has 1 fully saturated rings. The van der Waals surface area contributed by atoms with E-state index in [4.69, 9.17) is 5.73 Å². The van der Waals surface area contributed by atoms with E-state index < -0.39 is 0 Å². The van der Waals surface area contributed by atoms with Gasteiger partial charge in [0.15, 0.2) is 5.16 Å². The maximum absolute atomic E-state index is 12.4. The maximum Gasteiger partial charge on any atom is 0.233 e. The summed E-state index contributed by atoms with van der Waals surface area (Å²) in [7, 11) is 0. The van der Waals surface area contributed by atoms with E-state index in [0.717, 1.165) is 38.4 Å². The number of nitrogen functional groups attached to an aromatic ring is 1. The van der Waals surface area contributed by atoms with Crippen LogP contribution in [0, 0.1) is 6.92 Å². The highest BCUT2D eigenvalue weighted by atomic mass is 32.2. The van der Waals surface area contributed by atoms with E-state index in [2.05, 4.69) is 39.1 Å². The highest BCUT2D eigenvalue weighted by molar-refractivity contribution is 7.99. The van der Waals surface area contributed by atoms with E-state index in [0.29, 0.717) is 16.7 Å². The van der Waals surface area contributed by atoms with Gasteiger partial charge >= 0.3 is 0 Å². The lowest BCUT2D eigenvalue weighted by atomic mass is 10.2. The fourth-order valence-corrected chi connectivity index (χ4v) is 3.66. The van der Waals surface area contributed by atoms with Crippen LogP contribution in [-0.2, 0) is 11.3 Å². The van der Waals surface area contributed by atoms with Crippen LogP contribution in [0.25, 0.3) is 0 Å². The summed E-state index contributed by atoms with van der Waals surface area (Å²) >= 11 is 1.35. The van der Waals surface area contributed by atoms with Gasteiger partial charge in [-0.3, -0.25) is 9.69 Å². The Morgan fingerprint density at radius 2 is 1.88 bits per heavy atom. The summed E-state index contributed by atoms with van der Waals surface area (Å²) in [5.41, 5.74) is 7.85. The van der Waals surface area contributed by atoms with Crippen molar-refractivity contribution >= 4 is 23.5 Å². The summed E-state index contributed by atoms with van der Waals surface area (Å²) in [6.45, 7) is 6.15. The van der Waals surface area contributed by atoms with Gasteiger partial charge in [-0.2, -0.15) is 0 Å². The zero-order chi connectivity index (χ0) is 17.6. The topological polar surface area (TPSA) is 75.3 Å². The fraction of sp³-hybridized carbons (Fsp3) is 0.389. The third-order valence-corrected chi connectivity index (χ3v) is 4.98. The number of piperazine rings is 1. The van der Waals surface area contributed by atoms with Crippen molar-refractivity contribution < 1.29 is 4.79 Å². The van der Waals surface area contributed by atoms with Crippen molar-refractivity contribution in [2.45, 2.75) is 18.6 Å². The van der Waals surface area contributed by atoms with Crippen molar-refractivity contribution in [2.24, 2.45) is 0 Å². The number of aromatic nitrogens is 2. The van der Waals surface area contributed by atoms with Crippen molar-refractivity contribution in [3.05, 3.63) is 47.7 Å². The van der Waals surface area contributed by atoms with Gasteiger partial charge in [0.05, 0.1) is 5.75 Å². The molecular weight excluding hydrogens is 334 g/mol. The highest BCUT2D eigenvalue weighted by Crippen LogP contribution is 2.16. The van der Waals surface area contributed by atoms with Crippen LogP contribution in [0.1, 0.15) is 11.3 Å². The number of hydrogen-bond donors (Lipinski definition) is 1. The molecule has 0 radical (unpaired) electrons. The summed E-state index contributed by atoms with van der Waals surface area (Å²) in [6.07, 6.45) is 0. The Balaban J connectivity index is 1.45. The first-order chi connectivity index (χ1) is 12.1. The van der Waals surface area contributed by atoms with Crippen LogP contribution in [0.3, 0.4) is 0 Å². The van der Waals surface area contributed by atoms with Gasteiger partial charge in [0.1, 0.15) is 5.82 Å². The van der Waals surface area contributed by atoms with Crippen LogP contribution >= 0.6 is 11.8 Å². The van der Waals surface area contributed by atoms with Crippen molar-refractivity contribution in [3.8, 4) is 0 Å². The Bertz CT molecular complexity index is 696. The van der Waals surface area contributed by atoms with Crippen molar-refractivity contribution in [3.63, 3.8) is 0 Å². The average Bonchev–Trinajstić information content (AvgIpc) is 2.60. The number of carbonyl (C=O) groups excluding carboxylic acids is 1. The monoisotopic (exact) mass is 357 g/mol. The lowest BCUT2D eigenvalue weighted by Gasteiger charge is -2.34. The van der Waals surface area contributed by atoms with Crippen molar-refractivity contribution in [1.29, 1.82) is 0 Å². The maximum atomic E-state index is 12.4. The first-order valence-corrected chi connectivity index (χ1v) is 9.37. The summed E-state index contributed by atoms with van der Waals surface area (Å²) in [5, 5.41) is 0.563. The lowest BCUT2D eigenvalue weighted by Crippen LogP contribution is -2.48. The molecule has 0 saturated carbocycles. The molecule has 25 heavy (non-hydrogen) atoms. The lowest BCUT2D eigenvalue weighted by molar-refractivity contribution is -0.130. The molecule has 3 rings (SSSR count). The number of rotatable bonds is 5. The second-order valence-corrected chi connectivity index (χ2v) is 7.09. The molecule has 0 aliphatic carbocycles. The number of aryl methyl sites for hydroxylation is 1. The minimum atomic E-state index is 0.132. The first-order valence-electron chi connectivity index (χ1n) is 8.38. The molecule has 1 aromatic carbocycles. The Kier molecular flexibility index (Phi) is 5.88. The normalized spacial score (nSPS) is 15.3. The van der Waals surface area contributed by atoms with E-state index in [1.165, 1.54) is 17.3 Å². The number of amides is 1. The summed E-state index contributed by atoms with van der Waals surface area (Å²) < 4.78 is 0.